The average Bonchev–Trinajstić information content (AvgIpc) is 3.49. The van der Waals surface area contributed by atoms with Gasteiger partial charge < -0.3 is 5.32 Å². The summed E-state index contributed by atoms with van der Waals surface area (Å²) in [5.41, 5.74) is 1.40. The van der Waals surface area contributed by atoms with Crippen molar-refractivity contribution in [3.8, 4) is 11.4 Å². The molecule has 162 valence electrons. The van der Waals surface area contributed by atoms with E-state index >= 15 is 0 Å². The van der Waals surface area contributed by atoms with Gasteiger partial charge >= 0.3 is 0 Å². The highest BCUT2D eigenvalue weighted by Gasteiger charge is 2.28. The second kappa shape index (κ2) is 8.35. The lowest BCUT2D eigenvalue weighted by atomic mass is 10.1. The van der Waals surface area contributed by atoms with E-state index in [4.69, 9.17) is 16.4 Å². The normalized spacial score (nSPS) is 14.1. The van der Waals surface area contributed by atoms with Gasteiger partial charge in [0.15, 0.2) is 5.82 Å². The number of hydrogen-bond acceptors (Lipinski definition) is 7. The summed E-state index contributed by atoms with van der Waals surface area (Å²) in [6.07, 6.45) is 2.07. The Bertz CT molecular complexity index is 1240. The fraction of sp³-hybridized carbons (Fsp3) is 0.263. The zero-order chi connectivity index (χ0) is 22.2. The molecule has 0 bridgehead atoms. The Morgan fingerprint density at radius 3 is 2.74 bits per heavy atom. The highest BCUT2D eigenvalue weighted by Crippen LogP contribution is 2.36. The number of nitrogens with one attached hydrogen (secondary N) is 1. The van der Waals surface area contributed by atoms with Gasteiger partial charge in [-0.1, -0.05) is 28.2 Å². The average molecular weight is 463 g/mol. The third kappa shape index (κ3) is 4.30. The first-order valence-corrected chi connectivity index (χ1v) is 11.2. The molecule has 1 aromatic heterocycles. The highest BCUT2D eigenvalue weighted by atomic mass is 35.5. The van der Waals surface area contributed by atoms with Crippen LogP contribution in [-0.4, -0.2) is 53.2 Å². The maximum Gasteiger partial charge on any atom is 0.266 e. The maximum absolute atomic E-state index is 12.8. The van der Waals surface area contributed by atoms with Gasteiger partial charge in [-0.3, -0.25) is 9.63 Å². The first-order valence-electron chi connectivity index (χ1n) is 9.33. The van der Waals surface area contributed by atoms with Crippen molar-refractivity contribution in [3.05, 3.63) is 53.1 Å². The van der Waals surface area contributed by atoms with Crippen LogP contribution in [0, 0.1) is 0 Å². The van der Waals surface area contributed by atoms with Crippen molar-refractivity contribution in [2.24, 2.45) is 0 Å². The van der Waals surface area contributed by atoms with E-state index in [9.17, 15) is 13.2 Å². The van der Waals surface area contributed by atoms with E-state index in [0.29, 0.717) is 22.0 Å². The number of carbonyl (C=O) groups is 1. The van der Waals surface area contributed by atoms with E-state index in [1.807, 2.05) is 6.07 Å². The van der Waals surface area contributed by atoms with Gasteiger partial charge in [-0.15, -0.1) is 5.10 Å². The minimum absolute atomic E-state index is 0.0191. The molecule has 10 nitrogen and oxygen atoms in total. The fourth-order valence-electron chi connectivity index (χ4n) is 2.97. The molecule has 0 atom stereocenters. The number of anilines is 1. The first-order chi connectivity index (χ1) is 14.8. The molecule has 1 N–H and O–H groups in total. The molecule has 0 unspecified atom stereocenters. The van der Waals surface area contributed by atoms with Gasteiger partial charge in [0, 0.05) is 23.9 Å². The van der Waals surface area contributed by atoms with E-state index in [2.05, 4.69) is 20.8 Å². The maximum atomic E-state index is 12.8. The fourth-order valence-corrected chi connectivity index (χ4v) is 4.44. The summed E-state index contributed by atoms with van der Waals surface area (Å²) in [5, 5.41) is 14.6. The SMILES string of the molecule is CON(C)S(=O)(=O)c1cc(C(=O)Nc2cccc(-c3nnnn3C3CC3)c2)ccc1Cl. The molecule has 0 radical (unpaired) electrons. The number of benzene rings is 2. The number of sulfonamides is 1. The van der Waals surface area contributed by atoms with Crippen molar-refractivity contribution in [2.75, 3.05) is 19.5 Å². The van der Waals surface area contributed by atoms with Gasteiger partial charge in [0.25, 0.3) is 15.9 Å². The molecule has 1 saturated carbocycles. The molecule has 0 spiro atoms. The monoisotopic (exact) mass is 462 g/mol. The summed E-state index contributed by atoms with van der Waals surface area (Å²) >= 11 is 6.06. The zero-order valence-corrected chi connectivity index (χ0v) is 18.3. The minimum Gasteiger partial charge on any atom is -0.322 e. The lowest BCUT2D eigenvalue weighted by Crippen LogP contribution is -2.26. The molecule has 3 aromatic rings. The van der Waals surface area contributed by atoms with Crippen molar-refractivity contribution >= 4 is 33.2 Å². The van der Waals surface area contributed by atoms with Crippen LogP contribution in [-0.2, 0) is 14.9 Å². The number of halogens is 1. The lowest BCUT2D eigenvalue weighted by molar-refractivity contribution is -0.0258. The summed E-state index contributed by atoms with van der Waals surface area (Å²) in [7, 11) is -1.57. The van der Waals surface area contributed by atoms with Crippen LogP contribution in [0.1, 0.15) is 29.2 Å². The largest absolute Gasteiger partial charge is 0.322 e. The zero-order valence-electron chi connectivity index (χ0n) is 16.7. The number of amides is 1. The van der Waals surface area contributed by atoms with Crippen LogP contribution >= 0.6 is 11.6 Å². The summed E-state index contributed by atoms with van der Waals surface area (Å²) < 4.78 is 27.5. The van der Waals surface area contributed by atoms with Crippen molar-refractivity contribution in [2.45, 2.75) is 23.8 Å². The van der Waals surface area contributed by atoms with Gasteiger partial charge in [0.05, 0.1) is 18.2 Å². The van der Waals surface area contributed by atoms with Gasteiger partial charge in [0.1, 0.15) is 4.90 Å². The second-order valence-corrected chi connectivity index (χ2v) is 9.27. The Morgan fingerprint density at radius 1 is 1.26 bits per heavy atom. The number of rotatable bonds is 7. The lowest BCUT2D eigenvalue weighted by Gasteiger charge is -2.16. The number of carbonyl (C=O) groups excluding carboxylic acids is 1. The van der Waals surface area contributed by atoms with Crippen LogP contribution in [0.5, 0.6) is 0 Å². The molecule has 1 aliphatic rings. The molecular weight excluding hydrogens is 444 g/mol. The number of tetrazole rings is 1. The Hall–Kier alpha value is -2.86. The van der Waals surface area contributed by atoms with Gasteiger partial charge in [-0.25, -0.2) is 13.1 Å². The van der Waals surface area contributed by atoms with Crippen molar-refractivity contribution in [1.29, 1.82) is 0 Å². The van der Waals surface area contributed by atoms with Crippen LogP contribution in [0.4, 0.5) is 5.69 Å². The summed E-state index contributed by atoms with van der Waals surface area (Å²) in [5.74, 6) is 0.133. The number of hydroxylamine groups is 1. The van der Waals surface area contributed by atoms with E-state index in [1.54, 1.807) is 22.9 Å². The Labute approximate surface area is 183 Å². The van der Waals surface area contributed by atoms with Gasteiger partial charge in [-0.05, 0) is 53.6 Å². The molecule has 1 heterocycles. The number of aromatic nitrogens is 4. The Kier molecular flexibility index (Phi) is 5.75. The molecule has 2 aromatic carbocycles. The third-order valence-corrected chi connectivity index (χ3v) is 6.99. The van der Waals surface area contributed by atoms with Crippen LogP contribution < -0.4 is 5.32 Å². The molecule has 0 saturated heterocycles. The second-order valence-electron chi connectivity index (χ2n) is 6.96. The van der Waals surface area contributed by atoms with Crippen molar-refractivity contribution in [1.82, 2.24) is 24.7 Å². The predicted molar refractivity (Wildman–Crippen MR) is 113 cm³/mol. The van der Waals surface area contributed by atoms with Crippen molar-refractivity contribution in [3.63, 3.8) is 0 Å². The van der Waals surface area contributed by atoms with Gasteiger partial charge in [-0.2, -0.15) is 0 Å². The number of nitrogens with zero attached hydrogens (tertiary/aromatic N) is 5. The Morgan fingerprint density at radius 2 is 2.03 bits per heavy atom. The summed E-state index contributed by atoms with van der Waals surface area (Å²) in [4.78, 5) is 17.3. The number of hydrogen-bond donors (Lipinski definition) is 1. The molecule has 12 heteroatoms. The van der Waals surface area contributed by atoms with Crippen LogP contribution in [0.3, 0.4) is 0 Å². The Balaban J connectivity index is 1.59. The van der Waals surface area contributed by atoms with E-state index < -0.39 is 15.9 Å². The van der Waals surface area contributed by atoms with Crippen molar-refractivity contribution < 1.29 is 18.0 Å². The third-order valence-electron chi connectivity index (χ3n) is 4.83. The van der Waals surface area contributed by atoms with Crippen LogP contribution in [0.2, 0.25) is 5.02 Å². The topological polar surface area (TPSA) is 119 Å². The molecule has 4 rings (SSSR count). The smallest absolute Gasteiger partial charge is 0.266 e. The molecule has 1 amide bonds. The van der Waals surface area contributed by atoms with E-state index in [1.165, 1.54) is 32.4 Å². The van der Waals surface area contributed by atoms with Crippen LogP contribution in [0.15, 0.2) is 47.4 Å². The van der Waals surface area contributed by atoms with Gasteiger partial charge in [0.2, 0.25) is 0 Å². The molecule has 1 fully saturated rings. The highest BCUT2D eigenvalue weighted by molar-refractivity contribution is 7.89. The molecule has 0 aliphatic heterocycles. The van der Waals surface area contributed by atoms with E-state index in [-0.39, 0.29) is 15.5 Å². The van der Waals surface area contributed by atoms with E-state index in [0.717, 1.165) is 18.4 Å². The minimum atomic E-state index is -4.02. The molecular formula is C19H19ClN6O4S. The quantitative estimate of drug-likeness (QED) is 0.536. The summed E-state index contributed by atoms with van der Waals surface area (Å²) in [6.45, 7) is 0. The van der Waals surface area contributed by atoms with Crippen LogP contribution in [0.25, 0.3) is 11.4 Å². The predicted octanol–water partition coefficient (Wildman–Crippen LogP) is 2.76. The standard InChI is InChI=1S/C19H19ClN6O4S/c1-25(30-2)31(28,29)17-11-13(6-9-16(17)20)19(27)21-14-5-3-4-12(10-14)18-22-23-24-26(18)15-7-8-15/h3-6,9-11,15H,7-8H2,1-2H3,(H,21,27). The first kappa shape index (κ1) is 21.4. The summed E-state index contributed by atoms with van der Waals surface area (Å²) in [6, 6.07) is 11.4. The molecule has 31 heavy (non-hydrogen) atoms. The molecule has 1 aliphatic carbocycles.